The molecule has 0 atom stereocenters. The lowest BCUT2D eigenvalue weighted by Gasteiger charge is -2.19. The SMILES string of the molecule is CCOC(=O)Cc1ccc(C)cc1OCc1cc(-c2ccnc(CNC(=O)OC(C)(C)C)c2)c2occc2c1F. The predicted octanol–water partition coefficient (Wildman–Crippen LogP) is 6.65. The van der Waals surface area contributed by atoms with Crippen LogP contribution >= 0.6 is 0 Å². The molecule has 1 amide bonds. The minimum absolute atomic E-state index is 0.0507. The summed E-state index contributed by atoms with van der Waals surface area (Å²) in [6.07, 6.45) is 2.55. The molecule has 0 saturated carbocycles. The lowest BCUT2D eigenvalue weighted by Crippen LogP contribution is -2.32. The highest BCUT2D eigenvalue weighted by molar-refractivity contribution is 5.93. The van der Waals surface area contributed by atoms with Crippen LogP contribution in [0.2, 0.25) is 0 Å². The van der Waals surface area contributed by atoms with Gasteiger partial charge in [0.05, 0.1) is 36.9 Å². The molecular weight excluding hydrogens is 515 g/mol. The molecule has 4 aromatic rings. The molecule has 210 valence electrons. The summed E-state index contributed by atoms with van der Waals surface area (Å²) in [6.45, 7) is 9.39. The van der Waals surface area contributed by atoms with Crippen molar-refractivity contribution < 1.29 is 32.6 Å². The number of ether oxygens (including phenoxy) is 3. The first-order valence-electron chi connectivity index (χ1n) is 13.0. The highest BCUT2D eigenvalue weighted by atomic mass is 19.1. The van der Waals surface area contributed by atoms with Gasteiger partial charge in [0, 0.05) is 22.9 Å². The van der Waals surface area contributed by atoms with E-state index in [4.69, 9.17) is 18.6 Å². The fourth-order valence-electron chi connectivity index (χ4n) is 4.17. The summed E-state index contributed by atoms with van der Waals surface area (Å²) in [6, 6.07) is 12.4. The molecular formula is C31H33FN2O6. The molecule has 0 unspecified atom stereocenters. The maximum Gasteiger partial charge on any atom is 0.407 e. The van der Waals surface area contributed by atoms with Gasteiger partial charge in [-0.25, -0.2) is 9.18 Å². The standard InChI is InChI=1S/C31H33FN2O6/c1-6-37-27(35)16-21-8-7-19(2)13-26(21)39-18-22-15-25(29-24(28(22)32)10-12-38-29)20-9-11-33-23(14-20)17-34-30(36)40-31(3,4)5/h7-15H,6,16-18H2,1-5H3,(H,34,36). The summed E-state index contributed by atoms with van der Waals surface area (Å²) in [5, 5.41) is 3.01. The zero-order valence-electron chi connectivity index (χ0n) is 23.3. The van der Waals surface area contributed by atoms with Crippen molar-refractivity contribution in [2.75, 3.05) is 6.61 Å². The normalized spacial score (nSPS) is 11.3. The Balaban J connectivity index is 1.60. The van der Waals surface area contributed by atoms with Gasteiger partial charge in [-0.05, 0) is 76.1 Å². The summed E-state index contributed by atoms with van der Waals surface area (Å²) in [4.78, 5) is 28.5. The average Bonchev–Trinajstić information content (AvgIpc) is 3.38. The third-order valence-corrected chi connectivity index (χ3v) is 5.93. The smallest absolute Gasteiger partial charge is 0.407 e. The van der Waals surface area contributed by atoms with E-state index in [1.165, 1.54) is 6.26 Å². The van der Waals surface area contributed by atoms with E-state index in [2.05, 4.69) is 10.3 Å². The predicted molar refractivity (Wildman–Crippen MR) is 148 cm³/mol. The zero-order chi connectivity index (χ0) is 28.9. The number of halogens is 1. The van der Waals surface area contributed by atoms with Gasteiger partial charge in [0.1, 0.15) is 29.4 Å². The maximum absolute atomic E-state index is 15.5. The number of carbonyl (C=O) groups is 2. The highest BCUT2D eigenvalue weighted by Crippen LogP contribution is 2.34. The maximum atomic E-state index is 15.5. The van der Waals surface area contributed by atoms with E-state index < -0.39 is 17.5 Å². The van der Waals surface area contributed by atoms with Crippen LogP contribution in [0.1, 0.15) is 50.1 Å². The van der Waals surface area contributed by atoms with Crippen LogP contribution < -0.4 is 10.1 Å². The quantitative estimate of drug-likeness (QED) is 0.234. The molecule has 0 aliphatic rings. The lowest BCUT2D eigenvalue weighted by molar-refractivity contribution is -0.142. The van der Waals surface area contributed by atoms with Crippen LogP contribution in [0, 0.1) is 12.7 Å². The molecule has 2 heterocycles. The van der Waals surface area contributed by atoms with Gasteiger partial charge in [0.15, 0.2) is 0 Å². The first-order valence-corrected chi connectivity index (χ1v) is 13.0. The Hall–Kier alpha value is -4.40. The molecule has 2 aromatic heterocycles. The Morgan fingerprint density at radius 3 is 2.62 bits per heavy atom. The first-order chi connectivity index (χ1) is 19.0. The Morgan fingerprint density at radius 2 is 1.88 bits per heavy atom. The summed E-state index contributed by atoms with van der Waals surface area (Å²) < 4.78 is 37.6. The van der Waals surface area contributed by atoms with E-state index in [0.29, 0.717) is 39.1 Å². The molecule has 8 nitrogen and oxygen atoms in total. The summed E-state index contributed by atoms with van der Waals surface area (Å²) in [5.41, 5.74) is 3.66. The van der Waals surface area contributed by atoms with E-state index in [9.17, 15) is 9.59 Å². The van der Waals surface area contributed by atoms with Crippen LogP contribution in [0.4, 0.5) is 9.18 Å². The van der Waals surface area contributed by atoms with Gasteiger partial charge in [0.25, 0.3) is 0 Å². The number of aromatic nitrogens is 1. The molecule has 40 heavy (non-hydrogen) atoms. The van der Waals surface area contributed by atoms with Crippen LogP contribution in [0.15, 0.2) is 59.3 Å². The molecule has 2 aromatic carbocycles. The van der Waals surface area contributed by atoms with Crippen molar-refractivity contribution in [2.24, 2.45) is 0 Å². The number of alkyl carbamates (subject to hydrolysis) is 1. The van der Waals surface area contributed by atoms with Crippen LogP contribution in [0.25, 0.3) is 22.1 Å². The number of nitrogens with one attached hydrogen (secondary N) is 1. The second kappa shape index (κ2) is 12.2. The molecule has 1 N–H and O–H groups in total. The second-order valence-electron chi connectivity index (χ2n) is 10.3. The van der Waals surface area contributed by atoms with Crippen molar-refractivity contribution in [1.29, 1.82) is 0 Å². The van der Waals surface area contributed by atoms with Gasteiger partial charge in [-0.15, -0.1) is 0 Å². The molecule has 0 radical (unpaired) electrons. The largest absolute Gasteiger partial charge is 0.488 e. The van der Waals surface area contributed by atoms with E-state index in [-0.39, 0.29) is 32.1 Å². The fourth-order valence-corrected chi connectivity index (χ4v) is 4.17. The van der Waals surface area contributed by atoms with Gasteiger partial charge < -0.3 is 23.9 Å². The van der Waals surface area contributed by atoms with E-state index >= 15 is 4.39 Å². The number of amides is 1. The van der Waals surface area contributed by atoms with E-state index in [0.717, 1.165) is 11.1 Å². The number of aryl methyl sites for hydroxylation is 1. The third kappa shape index (κ3) is 7.16. The van der Waals surface area contributed by atoms with Crippen LogP contribution in [-0.2, 0) is 33.8 Å². The second-order valence-corrected chi connectivity index (χ2v) is 10.3. The Labute approximate surface area is 232 Å². The molecule has 0 spiro atoms. The zero-order valence-corrected chi connectivity index (χ0v) is 23.3. The molecule has 0 fully saturated rings. The Kier molecular flexibility index (Phi) is 8.72. The number of hydrogen-bond acceptors (Lipinski definition) is 7. The molecule has 4 rings (SSSR count). The monoisotopic (exact) mass is 548 g/mol. The van der Waals surface area contributed by atoms with Gasteiger partial charge in [-0.3, -0.25) is 9.78 Å². The number of fused-ring (bicyclic) bond motifs is 1. The number of pyridine rings is 1. The molecule has 9 heteroatoms. The van der Waals surface area contributed by atoms with Crippen molar-refractivity contribution in [3.63, 3.8) is 0 Å². The highest BCUT2D eigenvalue weighted by Gasteiger charge is 2.19. The molecule has 0 aliphatic carbocycles. The van der Waals surface area contributed by atoms with Gasteiger partial charge in [-0.2, -0.15) is 0 Å². The van der Waals surface area contributed by atoms with Crippen molar-refractivity contribution in [3.8, 4) is 16.9 Å². The summed E-state index contributed by atoms with van der Waals surface area (Å²) in [5.74, 6) is -0.326. The molecule has 0 aliphatic heterocycles. The number of nitrogens with zero attached hydrogens (tertiary/aromatic N) is 1. The van der Waals surface area contributed by atoms with Crippen molar-refractivity contribution in [3.05, 3.63) is 83.1 Å². The minimum Gasteiger partial charge on any atom is -0.488 e. The van der Waals surface area contributed by atoms with E-state index in [1.807, 2.05) is 25.1 Å². The third-order valence-electron chi connectivity index (χ3n) is 5.93. The van der Waals surface area contributed by atoms with Gasteiger partial charge in [-0.1, -0.05) is 12.1 Å². The summed E-state index contributed by atoms with van der Waals surface area (Å²) >= 11 is 0. The Bertz CT molecular complexity index is 1520. The topological polar surface area (TPSA) is 99.9 Å². The fraction of sp³-hybridized carbons (Fsp3) is 0.323. The number of furan rings is 1. The minimum atomic E-state index is -0.616. The Morgan fingerprint density at radius 1 is 1.07 bits per heavy atom. The van der Waals surface area contributed by atoms with Gasteiger partial charge >= 0.3 is 12.1 Å². The molecule has 0 bridgehead atoms. The first kappa shape index (κ1) is 28.6. The van der Waals surface area contributed by atoms with Gasteiger partial charge in [0.2, 0.25) is 0 Å². The number of carbonyl (C=O) groups excluding carboxylic acids is 2. The number of rotatable bonds is 9. The van der Waals surface area contributed by atoms with Crippen molar-refractivity contribution >= 4 is 23.0 Å². The van der Waals surface area contributed by atoms with Crippen LogP contribution in [-0.4, -0.2) is 29.3 Å². The summed E-state index contributed by atoms with van der Waals surface area (Å²) in [7, 11) is 0. The number of hydrogen-bond donors (Lipinski definition) is 1. The van der Waals surface area contributed by atoms with Crippen LogP contribution in [0.3, 0.4) is 0 Å². The molecule has 0 saturated heterocycles. The van der Waals surface area contributed by atoms with Crippen molar-refractivity contribution in [2.45, 2.75) is 59.8 Å². The number of esters is 1. The van der Waals surface area contributed by atoms with E-state index in [1.54, 1.807) is 58.2 Å². The van der Waals surface area contributed by atoms with Crippen LogP contribution in [0.5, 0.6) is 5.75 Å². The van der Waals surface area contributed by atoms with Crippen molar-refractivity contribution in [1.82, 2.24) is 10.3 Å². The average molecular weight is 549 g/mol. The lowest BCUT2D eigenvalue weighted by atomic mass is 10.00. The number of benzene rings is 2.